The number of nitrogens with one attached hydrogen (secondary N) is 1. The van der Waals surface area contributed by atoms with Gasteiger partial charge in [0.05, 0.1) is 6.61 Å². The van der Waals surface area contributed by atoms with Gasteiger partial charge in [0.15, 0.2) is 5.79 Å². The standard InChI is InChI=1S/C12H15ClN6O2/c1-12(2)20-6-8(21-12)5-15-10-16-9(13)17-11(18-10)19-4-3-14-7-19/h3-4,7-8H,5-6H2,1-2H3,(H,15,16,17,18). The molecule has 3 heterocycles. The SMILES string of the molecule is CC1(C)OCC(CNc2nc(Cl)nc(-n3ccnc3)n2)O1. The molecule has 2 aromatic rings. The van der Waals surface area contributed by atoms with Crippen molar-refractivity contribution in [1.29, 1.82) is 0 Å². The van der Waals surface area contributed by atoms with Gasteiger partial charge in [-0.05, 0) is 25.4 Å². The molecular weight excluding hydrogens is 296 g/mol. The number of hydrogen-bond acceptors (Lipinski definition) is 7. The first-order valence-corrected chi connectivity index (χ1v) is 6.85. The molecule has 0 aromatic carbocycles. The Hall–Kier alpha value is -1.77. The molecular formula is C12H15ClN6O2. The van der Waals surface area contributed by atoms with E-state index in [2.05, 4.69) is 25.3 Å². The summed E-state index contributed by atoms with van der Waals surface area (Å²) in [5, 5.41) is 3.19. The second kappa shape index (κ2) is 5.55. The molecule has 0 aliphatic carbocycles. The maximum absolute atomic E-state index is 5.92. The van der Waals surface area contributed by atoms with Crippen molar-refractivity contribution in [2.24, 2.45) is 0 Å². The van der Waals surface area contributed by atoms with Gasteiger partial charge in [-0.3, -0.25) is 4.57 Å². The number of hydrogen-bond donors (Lipinski definition) is 1. The molecule has 1 unspecified atom stereocenters. The first-order valence-electron chi connectivity index (χ1n) is 6.47. The van der Waals surface area contributed by atoms with Crippen LogP contribution in [0.5, 0.6) is 0 Å². The Bertz CT molecular complexity index is 618. The van der Waals surface area contributed by atoms with Gasteiger partial charge in [-0.2, -0.15) is 15.0 Å². The fraction of sp³-hybridized carbons (Fsp3) is 0.500. The summed E-state index contributed by atoms with van der Waals surface area (Å²) >= 11 is 5.92. The molecule has 8 nitrogen and oxygen atoms in total. The molecule has 0 amide bonds. The molecule has 1 aliphatic rings. The number of rotatable bonds is 4. The topological polar surface area (TPSA) is 87.0 Å². The Balaban J connectivity index is 1.69. The number of ether oxygens (including phenoxy) is 2. The fourth-order valence-corrected chi connectivity index (χ4v) is 2.14. The summed E-state index contributed by atoms with van der Waals surface area (Å²) in [5.74, 6) is 0.233. The van der Waals surface area contributed by atoms with Gasteiger partial charge in [0, 0.05) is 18.9 Å². The van der Waals surface area contributed by atoms with Gasteiger partial charge in [0.1, 0.15) is 12.4 Å². The summed E-state index contributed by atoms with van der Waals surface area (Å²) in [6.45, 7) is 4.80. The van der Waals surface area contributed by atoms with Crippen molar-refractivity contribution in [1.82, 2.24) is 24.5 Å². The van der Waals surface area contributed by atoms with E-state index in [1.165, 1.54) is 0 Å². The molecule has 2 aromatic heterocycles. The molecule has 3 rings (SSSR count). The lowest BCUT2D eigenvalue weighted by molar-refractivity contribution is -0.136. The summed E-state index contributed by atoms with van der Waals surface area (Å²) < 4.78 is 12.8. The minimum absolute atomic E-state index is 0.0627. The van der Waals surface area contributed by atoms with Crippen LogP contribution in [0.3, 0.4) is 0 Å². The van der Waals surface area contributed by atoms with Crippen LogP contribution in [-0.2, 0) is 9.47 Å². The molecule has 21 heavy (non-hydrogen) atoms. The third-order valence-corrected chi connectivity index (χ3v) is 3.06. The minimum atomic E-state index is -0.551. The van der Waals surface area contributed by atoms with Crippen LogP contribution in [0.1, 0.15) is 13.8 Å². The number of anilines is 1. The van der Waals surface area contributed by atoms with Gasteiger partial charge in [-0.1, -0.05) is 0 Å². The first-order chi connectivity index (χ1) is 10.0. The Kier molecular flexibility index (Phi) is 3.75. The van der Waals surface area contributed by atoms with E-state index in [4.69, 9.17) is 21.1 Å². The van der Waals surface area contributed by atoms with E-state index >= 15 is 0 Å². The molecule has 0 radical (unpaired) electrons. The first kappa shape index (κ1) is 14.2. The predicted octanol–water partition coefficient (Wildman–Crippen LogP) is 1.27. The number of imidazole rings is 1. The zero-order valence-corrected chi connectivity index (χ0v) is 12.4. The molecule has 9 heteroatoms. The maximum Gasteiger partial charge on any atom is 0.241 e. The van der Waals surface area contributed by atoms with Crippen LogP contribution in [0.2, 0.25) is 5.28 Å². The van der Waals surface area contributed by atoms with Crippen molar-refractivity contribution in [3.63, 3.8) is 0 Å². The largest absolute Gasteiger partial charge is 0.351 e. The molecule has 1 saturated heterocycles. The van der Waals surface area contributed by atoms with Gasteiger partial charge in [-0.15, -0.1) is 0 Å². The third kappa shape index (κ3) is 3.46. The highest BCUT2D eigenvalue weighted by atomic mass is 35.5. The maximum atomic E-state index is 5.92. The van der Waals surface area contributed by atoms with Crippen molar-refractivity contribution in [3.8, 4) is 5.95 Å². The van der Waals surface area contributed by atoms with E-state index in [9.17, 15) is 0 Å². The molecule has 1 N–H and O–H groups in total. The number of halogens is 1. The number of aromatic nitrogens is 5. The average molecular weight is 311 g/mol. The van der Waals surface area contributed by atoms with E-state index in [1.807, 2.05) is 13.8 Å². The number of nitrogens with zero attached hydrogens (tertiary/aromatic N) is 5. The van der Waals surface area contributed by atoms with Gasteiger partial charge in [-0.25, -0.2) is 4.98 Å². The van der Waals surface area contributed by atoms with Crippen molar-refractivity contribution in [3.05, 3.63) is 24.0 Å². The van der Waals surface area contributed by atoms with E-state index in [0.717, 1.165) is 0 Å². The average Bonchev–Trinajstić information content (AvgIpc) is 3.05. The van der Waals surface area contributed by atoms with Crippen LogP contribution in [0.25, 0.3) is 5.95 Å². The second-order valence-electron chi connectivity index (χ2n) is 5.03. The van der Waals surface area contributed by atoms with E-state index in [0.29, 0.717) is 25.0 Å². The fourth-order valence-electron chi connectivity index (χ4n) is 1.98. The Morgan fingerprint density at radius 1 is 1.43 bits per heavy atom. The van der Waals surface area contributed by atoms with Crippen molar-refractivity contribution in [2.75, 3.05) is 18.5 Å². The van der Waals surface area contributed by atoms with Crippen LogP contribution in [-0.4, -0.2) is 49.5 Å². The molecule has 1 fully saturated rings. The quantitative estimate of drug-likeness (QED) is 0.910. The van der Waals surface area contributed by atoms with Crippen LogP contribution in [0.15, 0.2) is 18.7 Å². The van der Waals surface area contributed by atoms with Crippen LogP contribution < -0.4 is 5.32 Å². The van der Waals surface area contributed by atoms with Crippen molar-refractivity contribution < 1.29 is 9.47 Å². The van der Waals surface area contributed by atoms with Gasteiger partial charge in [0.25, 0.3) is 0 Å². The highest BCUT2D eigenvalue weighted by Gasteiger charge is 2.32. The summed E-state index contributed by atoms with van der Waals surface area (Å²) in [4.78, 5) is 16.3. The monoisotopic (exact) mass is 310 g/mol. The zero-order valence-electron chi connectivity index (χ0n) is 11.7. The highest BCUT2D eigenvalue weighted by Crippen LogP contribution is 2.22. The second-order valence-corrected chi connectivity index (χ2v) is 5.37. The van der Waals surface area contributed by atoms with Gasteiger partial charge >= 0.3 is 0 Å². The summed E-state index contributed by atoms with van der Waals surface area (Å²) in [6, 6.07) is 0. The molecule has 1 atom stereocenters. The van der Waals surface area contributed by atoms with E-state index < -0.39 is 5.79 Å². The Morgan fingerprint density at radius 3 is 2.95 bits per heavy atom. The Labute approximate surface area is 126 Å². The smallest absolute Gasteiger partial charge is 0.241 e. The van der Waals surface area contributed by atoms with Crippen molar-refractivity contribution in [2.45, 2.75) is 25.7 Å². The van der Waals surface area contributed by atoms with Gasteiger partial charge in [0.2, 0.25) is 17.2 Å². The minimum Gasteiger partial charge on any atom is -0.351 e. The predicted molar refractivity (Wildman–Crippen MR) is 75.4 cm³/mol. The molecule has 0 spiro atoms. The lowest BCUT2D eigenvalue weighted by Crippen LogP contribution is -2.26. The molecule has 0 saturated carbocycles. The van der Waals surface area contributed by atoms with Crippen LogP contribution >= 0.6 is 11.6 Å². The van der Waals surface area contributed by atoms with Crippen molar-refractivity contribution >= 4 is 17.5 Å². The van der Waals surface area contributed by atoms with E-state index in [1.54, 1.807) is 23.3 Å². The lowest BCUT2D eigenvalue weighted by Gasteiger charge is -2.17. The molecule has 112 valence electrons. The molecule has 0 bridgehead atoms. The lowest BCUT2D eigenvalue weighted by atomic mass is 10.4. The molecule has 1 aliphatic heterocycles. The van der Waals surface area contributed by atoms with Crippen LogP contribution in [0.4, 0.5) is 5.95 Å². The third-order valence-electron chi connectivity index (χ3n) is 2.89. The van der Waals surface area contributed by atoms with Crippen LogP contribution in [0, 0.1) is 0 Å². The normalized spacial score (nSPS) is 20.6. The van der Waals surface area contributed by atoms with E-state index in [-0.39, 0.29) is 11.4 Å². The summed E-state index contributed by atoms with van der Waals surface area (Å²) in [6.07, 6.45) is 4.89. The summed E-state index contributed by atoms with van der Waals surface area (Å²) in [7, 11) is 0. The van der Waals surface area contributed by atoms with Gasteiger partial charge < -0.3 is 14.8 Å². The zero-order chi connectivity index (χ0) is 14.9. The summed E-state index contributed by atoms with van der Waals surface area (Å²) in [5.41, 5.74) is 0. The highest BCUT2D eigenvalue weighted by molar-refractivity contribution is 6.28. The Morgan fingerprint density at radius 2 is 2.29 bits per heavy atom.